The molecule has 5 rings (SSSR count). The predicted molar refractivity (Wildman–Crippen MR) is 125 cm³/mol. The van der Waals surface area contributed by atoms with Crippen molar-refractivity contribution in [1.29, 1.82) is 10.5 Å². The van der Waals surface area contributed by atoms with Crippen LogP contribution in [-0.2, 0) is 0 Å². The van der Waals surface area contributed by atoms with Crippen LogP contribution in [0.3, 0.4) is 0 Å². The molecule has 3 heterocycles. The minimum absolute atomic E-state index is 0.124. The maximum atomic E-state index is 14.0. The molecule has 0 radical (unpaired) electrons. The Balaban J connectivity index is 1.79. The Kier molecular flexibility index (Phi) is 4.89. The minimum Gasteiger partial charge on any atom is -0.349 e. The highest BCUT2D eigenvalue weighted by atomic mass is 79.9. The second-order valence-corrected chi connectivity index (χ2v) is 8.83. The monoisotopic (exact) mass is 480 g/mol. The number of pyridine rings is 1. The van der Waals surface area contributed by atoms with Crippen LogP contribution in [0, 0.1) is 28.1 Å². The number of anilines is 1. The summed E-state index contributed by atoms with van der Waals surface area (Å²) in [6.45, 7) is 0. The third-order valence-corrected chi connectivity index (χ3v) is 6.86. The predicted octanol–water partition coefficient (Wildman–Crippen LogP) is 5.13. The number of benzene rings is 2. The third kappa shape index (κ3) is 2.88. The smallest absolute Gasteiger partial charge is 0.185 e. The van der Waals surface area contributed by atoms with Crippen molar-refractivity contribution >= 4 is 33.5 Å². The highest BCUT2D eigenvalue weighted by Crippen LogP contribution is 2.55. The largest absolute Gasteiger partial charge is 0.349 e. The van der Waals surface area contributed by atoms with Crippen LogP contribution < -0.4 is 4.90 Å². The Hall–Kier alpha value is -3.74. The summed E-state index contributed by atoms with van der Waals surface area (Å²) in [6, 6.07) is 23.6. The summed E-state index contributed by atoms with van der Waals surface area (Å²) < 4.78 is 0.886. The Morgan fingerprint density at radius 1 is 1.00 bits per heavy atom. The van der Waals surface area contributed by atoms with Gasteiger partial charge in [0.2, 0.25) is 0 Å². The maximum Gasteiger partial charge on any atom is 0.185 e. The number of halogens is 1. The number of aromatic nitrogens is 1. The molecule has 5 nitrogen and oxygen atoms in total. The van der Waals surface area contributed by atoms with E-state index in [2.05, 4.69) is 33.1 Å². The minimum atomic E-state index is -1.45. The van der Waals surface area contributed by atoms with Crippen molar-refractivity contribution in [3.05, 3.63) is 100 Å². The zero-order valence-electron chi connectivity index (χ0n) is 16.9. The Morgan fingerprint density at radius 3 is 2.41 bits per heavy atom. The lowest BCUT2D eigenvalue weighted by molar-refractivity contribution is 0.0951. The van der Waals surface area contributed by atoms with Gasteiger partial charge in [-0.15, -0.1) is 0 Å². The Morgan fingerprint density at radius 2 is 1.72 bits per heavy atom. The van der Waals surface area contributed by atoms with Crippen molar-refractivity contribution in [2.45, 2.75) is 18.0 Å². The Bertz CT molecular complexity index is 1290. The molecule has 2 aliphatic rings. The van der Waals surface area contributed by atoms with Crippen molar-refractivity contribution in [3.8, 4) is 12.1 Å². The van der Waals surface area contributed by atoms with Gasteiger partial charge in [-0.05, 0) is 35.9 Å². The van der Waals surface area contributed by atoms with E-state index in [9.17, 15) is 15.3 Å². The number of carbonyl (C=O) groups excluding carboxylic acids is 1. The van der Waals surface area contributed by atoms with E-state index in [4.69, 9.17) is 0 Å². The van der Waals surface area contributed by atoms with Crippen molar-refractivity contribution in [3.63, 3.8) is 0 Å². The van der Waals surface area contributed by atoms with Crippen molar-refractivity contribution in [2.75, 3.05) is 4.90 Å². The van der Waals surface area contributed by atoms with E-state index in [0.29, 0.717) is 5.56 Å². The molecule has 32 heavy (non-hydrogen) atoms. The number of hydrogen-bond donors (Lipinski definition) is 0. The van der Waals surface area contributed by atoms with Gasteiger partial charge in [-0.2, -0.15) is 10.5 Å². The van der Waals surface area contributed by atoms with E-state index in [-0.39, 0.29) is 5.78 Å². The number of ketones is 1. The van der Waals surface area contributed by atoms with Crippen LogP contribution in [-0.4, -0.2) is 22.9 Å². The average Bonchev–Trinajstić information content (AvgIpc) is 3.15. The fraction of sp³-hybridized carbons (Fsp3) is 0.154. The molecule has 0 unspecified atom stereocenters. The molecule has 1 fully saturated rings. The second-order valence-electron chi connectivity index (χ2n) is 7.92. The molecule has 6 heteroatoms. The molecule has 2 aliphatic heterocycles. The lowest BCUT2D eigenvalue weighted by Crippen LogP contribution is -2.44. The SMILES string of the molecule is N#CC1(C#N)[C@H](c2ccc(Br)cc2)[C@@H](C(=O)c2ccccc2)N2c3cccnc3C=C[C@@H]21. The van der Waals surface area contributed by atoms with E-state index in [0.717, 1.165) is 21.4 Å². The quantitative estimate of drug-likeness (QED) is 0.485. The van der Waals surface area contributed by atoms with Gasteiger partial charge in [0.05, 0.1) is 29.6 Å². The van der Waals surface area contributed by atoms with Gasteiger partial charge in [0.15, 0.2) is 11.2 Å². The van der Waals surface area contributed by atoms with Crippen LogP contribution in [0.1, 0.15) is 27.5 Å². The third-order valence-electron chi connectivity index (χ3n) is 6.33. The van der Waals surface area contributed by atoms with E-state index >= 15 is 0 Å². The first-order valence-corrected chi connectivity index (χ1v) is 11.0. The van der Waals surface area contributed by atoms with Gasteiger partial charge in [0.25, 0.3) is 0 Å². The maximum absolute atomic E-state index is 14.0. The fourth-order valence-corrected chi connectivity index (χ4v) is 5.20. The number of Topliss-reactive ketones (excluding diaryl/α,β-unsaturated/α-hetero) is 1. The zero-order valence-corrected chi connectivity index (χ0v) is 18.5. The van der Waals surface area contributed by atoms with Crippen LogP contribution in [0.5, 0.6) is 0 Å². The van der Waals surface area contributed by atoms with E-state index in [1.54, 1.807) is 18.3 Å². The summed E-state index contributed by atoms with van der Waals surface area (Å²) in [7, 11) is 0. The first-order valence-electron chi connectivity index (χ1n) is 10.2. The normalized spacial score (nSPS) is 22.3. The summed E-state index contributed by atoms with van der Waals surface area (Å²) in [6.07, 6.45) is 5.38. The van der Waals surface area contributed by atoms with Crippen LogP contribution in [0.25, 0.3) is 6.08 Å². The molecule has 0 bridgehead atoms. The highest BCUT2D eigenvalue weighted by Gasteiger charge is 2.63. The van der Waals surface area contributed by atoms with Crippen LogP contribution in [0.15, 0.2) is 83.5 Å². The summed E-state index contributed by atoms with van der Waals surface area (Å²) in [4.78, 5) is 20.3. The molecule has 1 aromatic heterocycles. The highest BCUT2D eigenvalue weighted by molar-refractivity contribution is 9.10. The molecule has 3 atom stereocenters. The van der Waals surface area contributed by atoms with Gasteiger partial charge in [0.1, 0.15) is 6.04 Å². The topological polar surface area (TPSA) is 80.8 Å². The molecule has 0 amide bonds. The number of hydrogen-bond acceptors (Lipinski definition) is 5. The van der Waals surface area contributed by atoms with Crippen molar-refractivity contribution in [2.24, 2.45) is 5.41 Å². The van der Waals surface area contributed by atoms with Gasteiger partial charge in [-0.1, -0.05) is 64.5 Å². The van der Waals surface area contributed by atoms with Gasteiger partial charge in [-0.25, -0.2) is 0 Å². The lowest BCUT2D eigenvalue weighted by Gasteiger charge is -2.34. The average molecular weight is 481 g/mol. The van der Waals surface area contributed by atoms with Gasteiger partial charge in [-0.3, -0.25) is 9.78 Å². The summed E-state index contributed by atoms with van der Waals surface area (Å²) in [5.74, 6) is -0.778. The summed E-state index contributed by atoms with van der Waals surface area (Å²) >= 11 is 3.45. The molecule has 0 spiro atoms. The van der Waals surface area contributed by atoms with Crippen molar-refractivity contribution in [1.82, 2.24) is 4.98 Å². The standard InChI is InChI=1S/C26H17BrN4O/c27-19-10-8-17(9-11-19)23-24(25(32)18-5-2-1-3-6-18)31-21-7-4-14-30-20(21)12-13-22(31)26(23,15-28)16-29/h1-14,22-24H/t22-,23-,24+/m1/s1. The van der Waals surface area contributed by atoms with Crippen LogP contribution in [0.2, 0.25) is 0 Å². The molecule has 2 aromatic carbocycles. The lowest BCUT2D eigenvalue weighted by atomic mass is 9.69. The van der Waals surface area contributed by atoms with E-state index < -0.39 is 23.4 Å². The molecular formula is C26H17BrN4O. The number of rotatable bonds is 3. The first-order chi connectivity index (χ1) is 15.6. The summed E-state index contributed by atoms with van der Waals surface area (Å²) in [5, 5.41) is 20.8. The van der Waals surface area contributed by atoms with Gasteiger partial charge < -0.3 is 4.90 Å². The molecule has 0 aliphatic carbocycles. The molecule has 0 N–H and O–H groups in total. The van der Waals surface area contributed by atoms with E-state index in [1.807, 2.05) is 71.6 Å². The van der Waals surface area contributed by atoms with Crippen LogP contribution >= 0.6 is 15.9 Å². The molecule has 3 aromatic rings. The molecule has 0 saturated carbocycles. The van der Waals surface area contributed by atoms with Crippen LogP contribution in [0.4, 0.5) is 5.69 Å². The van der Waals surface area contributed by atoms with Gasteiger partial charge in [0, 0.05) is 22.2 Å². The number of nitrogens with zero attached hydrogens (tertiary/aromatic N) is 4. The zero-order chi connectivity index (χ0) is 22.3. The van der Waals surface area contributed by atoms with Crippen molar-refractivity contribution < 1.29 is 4.79 Å². The van der Waals surface area contributed by atoms with Gasteiger partial charge >= 0.3 is 0 Å². The second kappa shape index (κ2) is 7.75. The molecular weight excluding hydrogens is 464 g/mol. The first kappa shape index (κ1) is 20.2. The van der Waals surface area contributed by atoms with E-state index in [1.165, 1.54) is 0 Å². The number of fused-ring (bicyclic) bond motifs is 3. The Labute approximate surface area is 194 Å². The number of carbonyl (C=O) groups is 1. The summed E-state index contributed by atoms with van der Waals surface area (Å²) in [5.41, 5.74) is 1.34. The fourth-order valence-electron chi connectivity index (χ4n) is 4.93. The number of nitriles is 2. The molecule has 1 saturated heterocycles. The molecule has 154 valence electrons.